The molecular formula is C34H41ClFN7O7. The van der Waals surface area contributed by atoms with E-state index in [2.05, 4.69) is 26.0 Å². The van der Waals surface area contributed by atoms with Gasteiger partial charge in [0.2, 0.25) is 5.88 Å². The van der Waals surface area contributed by atoms with Crippen molar-refractivity contribution >= 4 is 46.9 Å². The van der Waals surface area contributed by atoms with E-state index in [0.29, 0.717) is 22.4 Å². The molecule has 2 amide bonds. The van der Waals surface area contributed by atoms with E-state index in [9.17, 15) is 18.8 Å². The van der Waals surface area contributed by atoms with E-state index in [1.807, 2.05) is 0 Å². The van der Waals surface area contributed by atoms with Gasteiger partial charge in [0.1, 0.15) is 34.5 Å². The summed E-state index contributed by atoms with van der Waals surface area (Å²) in [6.07, 6.45) is 2.18. The Bertz CT molecular complexity index is 1870. The van der Waals surface area contributed by atoms with Crippen LogP contribution in [0.3, 0.4) is 0 Å². The van der Waals surface area contributed by atoms with Gasteiger partial charge in [-0.05, 0) is 73.6 Å². The van der Waals surface area contributed by atoms with Gasteiger partial charge in [-0.15, -0.1) is 0 Å². The Morgan fingerprint density at radius 1 is 1.00 bits per heavy atom. The number of hydrogen-bond donors (Lipinski definition) is 3. The van der Waals surface area contributed by atoms with E-state index in [0.717, 1.165) is 6.20 Å². The lowest BCUT2D eigenvalue weighted by Crippen LogP contribution is -2.37. The number of halogens is 2. The number of pyridine rings is 1. The first-order valence-electron chi connectivity index (χ1n) is 15.8. The topological polar surface area (TPSA) is 167 Å². The van der Waals surface area contributed by atoms with Gasteiger partial charge in [0, 0.05) is 35.1 Å². The van der Waals surface area contributed by atoms with E-state index < -0.39 is 41.3 Å². The summed E-state index contributed by atoms with van der Waals surface area (Å²) in [6, 6.07) is 6.13. The lowest BCUT2D eigenvalue weighted by atomic mass is 10.1. The second kappa shape index (κ2) is 15.6. The highest BCUT2D eigenvalue weighted by molar-refractivity contribution is 6.33. The van der Waals surface area contributed by atoms with Crippen LogP contribution in [-0.4, -0.2) is 68.2 Å². The molecule has 0 unspecified atom stereocenters. The molecule has 50 heavy (non-hydrogen) atoms. The summed E-state index contributed by atoms with van der Waals surface area (Å²) in [4.78, 5) is 46.0. The highest BCUT2D eigenvalue weighted by atomic mass is 35.5. The van der Waals surface area contributed by atoms with Crippen LogP contribution in [0.15, 0.2) is 42.9 Å². The third-order valence-electron chi connectivity index (χ3n) is 6.48. The standard InChI is InChI=1S/C34H41ClFN7O7/c1-9-47-30(44)24-17-40-43-18-25(23-11-10-22(13-26(23)35)41-32(46)50-34(6,7)8)27(42-28(24)43)37-15-20-12-21(36)16-38-29(20)48-19(2)14-39-31(45)49-33(3,4)5/h10-13,16-19H,9,14-15H2,1-8H3,(H,37,42)(H,39,45)(H,41,46)/t19-/m0/s1. The highest BCUT2D eigenvalue weighted by Crippen LogP contribution is 2.35. The first-order valence-corrected chi connectivity index (χ1v) is 16.2. The SMILES string of the molecule is CCOC(=O)c1cnn2cc(-c3ccc(NC(=O)OC(C)(C)C)cc3Cl)c(NCc3cc(F)cnc3O[C@@H](C)CNC(=O)OC(C)(C)C)nc12. The molecule has 0 saturated heterocycles. The van der Waals surface area contributed by atoms with E-state index in [1.54, 1.807) is 79.8 Å². The number of nitrogens with zero attached hydrogens (tertiary/aromatic N) is 4. The summed E-state index contributed by atoms with van der Waals surface area (Å²) in [5.74, 6) is -0.836. The second-order valence-corrected chi connectivity index (χ2v) is 13.6. The quantitative estimate of drug-likeness (QED) is 0.108. The third-order valence-corrected chi connectivity index (χ3v) is 6.79. The molecule has 4 rings (SSSR count). The number of alkyl carbamates (subject to hydrolysis) is 1. The largest absolute Gasteiger partial charge is 0.473 e. The molecular weight excluding hydrogens is 673 g/mol. The molecule has 0 radical (unpaired) electrons. The molecule has 0 aliphatic carbocycles. The Balaban J connectivity index is 1.65. The molecule has 4 aromatic rings. The average molecular weight is 714 g/mol. The molecule has 1 aromatic carbocycles. The van der Waals surface area contributed by atoms with Crippen molar-refractivity contribution in [2.24, 2.45) is 0 Å². The second-order valence-electron chi connectivity index (χ2n) is 13.2. The number of benzene rings is 1. The van der Waals surface area contributed by atoms with Crippen LogP contribution in [0.1, 0.15) is 71.3 Å². The lowest BCUT2D eigenvalue weighted by molar-refractivity contribution is 0.0500. The molecule has 16 heteroatoms. The van der Waals surface area contributed by atoms with Gasteiger partial charge >= 0.3 is 18.2 Å². The van der Waals surface area contributed by atoms with Gasteiger partial charge in [-0.2, -0.15) is 5.10 Å². The van der Waals surface area contributed by atoms with Crippen molar-refractivity contribution in [3.05, 3.63) is 64.8 Å². The molecule has 3 N–H and O–H groups in total. The number of fused-ring (bicyclic) bond motifs is 1. The Labute approximate surface area is 294 Å². The summed E-state index contributed by atoms with van der Waals surface area (Å²) in [7, 11) is 0. The minimum Gasteiger partial charge on any atom is -0.473 e. The monoisotopic (exact) mass is 713 g/mol. The third kappa shape index (κ3) is 10.4. The van der Waals surface area contributed by atoms with Gasteiger partial charge in [0.05, 0.1) is 30.6 Å². The summed E-state index contributed by atoms with van der Waals surface area (Å²) in [5.41, 5.74) is 0.662. The number of aromatic nitrogens is 4. The fourth-order valence-electron chi connectivity index (χ4n) is 4.48. The van der Waals surface area contributed by atoms with Crippen molar-refractivity contribution in [3.8, 4) is 17.0 Å². The number of ether oxygens (including phenoxy) is 4. The molecule has 3 heterocycles. The minimum absolute atomic E-state index is 0.0265. The zero-order valence-electron chi connectivity index (χ0n) is 29.1. The molecule has 14 nitrogen and oxygen atoms in total. The van der Waals surface area contributed by atoms with Crippen LogP contribution < -0.4 is 20.7 Å². The maximum Gasteiger partial charge on any atom is 0.412 e. The predicted octanol–water partition coefficient (Wildman–Crippen LogP) is 7.01. The number of nitrogens with one attached hydrogen (secondary N) is 3. The first kappa shape index (κ1) is 37.6. The summed E-state index contributed by atoms with van der Waals surface area (Å²) >= 11 is 6.74. The Kier molecular flexibility index (Phi) is 11.7. The number of hydrogen-bond acceptors (Lipinski definition) is 11. The first-order chi connectivity index (χ1) is 23.4. The number of amides is 2. The molecule has 0 bridgehead atoms. The smallest absolute Gasteiger partial charge is 0.412 e. The van der Waals surface area contributed by atoms with Gasteiger partial charge in [-0.3, -0.25) is 5.32 Å². The van der Waals surface area contributed by atoms with Gasteiger partial charge in [-0.25, -0.2) is 33.3 Å². The number of carbonyl (C=O) groups is 3. The van der Waals surface area contributed by atoms with Gasteiger partial charge in [0.15, 0.2) is 5.65 Å². The number of carbonyl (C=O) groups excluding carboxylic acids is 3. The van der Waals surface area contributed by atoms with Crippen molar-refractivity contribution < 1.29 is 37.7 Å². The van der Waals surface area contributed by atoms with Crippen LogP contribution in [0.4, 0.5) is 25.5 Å². The van der Waals surface area contributed by atoms with Gasteiger partial charge < -0.3 is 29.6 Å². The van der Waals surface area contributed by atoms with Crippen molar-refractivity contribution in [3.63, 3.8) is 0 Å². The Morgan fingerprint density at radius 3 is 2.36 bits per heavy atom. The highest BCUT2D eigenvalue weighted by Gasteiger charge is 2.22. The van der Waals surface area contributed by atoms with Crippen LogP contribution in [0, 0.1) is 5.82 Å². The fourth-order valence-corrected chi connectivity index (χ4v) is 4.76. The maximum absolute atomic E-state index is 14.5. The summed E-state index contributed by atoms with van der Waals surface area (Å²) in [6.45, 7) is 14.1. The van der Waals surface area contributed by atoms with E-state index in [-0.39, 0.29) is 47.6 Å². The minimum atomic E-state index is -0.696. The molecule has 0 fully saturated rings. The fraction of sp³-hybridized carbons (Fsp3) is 0.412. The van der Waals surface area contributed by atoms with Crippen LogP contribution in [0.25, 0.3) is 16.8 Å². The predicted molar refractivity (Wildman–Crippen MR) is 185 cm³/mol. The van der Waals surface area contributed by atoms with Crippen molar-refractivity contribution in [1.29, 1.82) is 0 Å². The molecule has 0 aliphatic heterocycles. The summed E-state index contributed by atoms with van der Waals surface area (Å²) in [5, 5.41) is 13.0. The molecule has 3 aromatic heterocycles. The number of esters is 1. The van der Waals surface area contributed by atoms with E-state index in [4.69, 9.17) is 35.5 Å². The zero-order valence-corrected chi connectivity index (χ0v) is 29.9. The molecule has 0 aliphatic rings. The van der Waals surface area contributed by atoms with Crippen molar-refractivity contribution in [2.75, 3.05) is 23.8 Å². The van der Waals surface area contributed by atoms with Gasteiger partial charge in [-0.1, -0.05) is 17.7 Å². The lowest BCUT2D eigenvalue weighted by Gasteiger charge is -2.21. The Hall–Kier alpha value is -5.18. The zero-order chi connectivity index (χ0) is 36.8. The van der Waals surface area contributed by atoms with Crippen LogP contribution in [0.5, 0.6) is 5.88 Å². The average Bonchev–Trinajstić information content (AvgIpc) is 3.41. The van der Waals surface area contributed by atoms with Crippen LogP contribution >= 0.6 is 11.6 Å². The van der Waals surface area contributed by atoms with E-state index >= 15 is 0 Å². The maximum atomic E-state index is 14.5. The molecule has 1 atom stereocenters. The number of rotatable bonds is 11. The molecule has 0 spiro atoms. The number of anilines is 2. The van der Waals surface area contributed by atoms with Crippen LogP contribution in [-0.2, 0) is 20.8 Å². The van der Waals surface area contributed by atoms with Crippen LogP contribution in [0.2, 0.25) is 5.02 Å². The van der Waals surface area contributed by atoms with E-state index in [1.165, 1.54) is 16.8 Å². The molecule has 268 valence electrons. The summed E-state index contributed by atoms with van der Waals surface area (Å²) < 4.78 is 37.6. The molecule has 0 saturated carbocycles. The van der Waals surface area contributed by atoms with Crippen molar-refractivity contribution in [1.82, 2.24) is 24.9 Å². The normalized spacial score (nSPS) is 12.2. The van der Waals surface area contributed by atoms with Crippen molar-refractivity contribution in [2.45, 2.75) is 79.2 Å². The Morgan fingerprint density at radius 2 is 1.70 bits per heavy atom. The van der Waals surface area contributed by atoms with Gasteiger partial charge in [0.25, 0.3) is 0 Å².